The monoisotopic (exact) mass is 346 g/mol. The van der Waals surface area contributed by atoms with Crippen LogP contribution in [0.15, 0.2) is 54.7 Å². The smallest absolute Gasteiger partial charge is 0.255 e. The molecule has 5 heteroatoms. The first-order valence-electron chi connectivity index (χ1n) is 9.03. The first-order chi connectivity index (χ1) is 12.7. The van der Waals surface area contributed by atoms with E-state index in [0.29, 0.717) is 12.1 Å². The number of hydrogen-bond acceptors (Lipinski definition) is 3. The summed E-state index contributed by atoms with van der Waals surface area (Å²) in [4.78, 5) is 19.0. The van der Waals surface area contributed by atoms with Crippen LogP contribution in [-0.4, -0.2) is 39.1 Å². The maximum Gasteiger partial charge on any atom is 0.255 e. The second-order valence-electron chi connectivity index (χ2n) is 6.85. The van der Waals surface area contributed by atoms with E-state index < -0.39 is 0 Å². The van der Waals surface area contributed by atoms with Gasteiger partial charge in [0.1, 0.15) is 0 Å². The summed E-state index contributed by atoms with van der Waals surface area (Å²) >= 11 is 0. The quantitative estimate of drug-likeness (QED) is 0.785. The molecule has 0 saturated carbocycles. The third-order valence-corrected chi connectivity index (χ3v) is 4.97. The van der Waals surface area contributed by atoms with Gasteiger partial charge in [-0.05, 0) is 38.0 Å². The van der Waals surface area contributed by atoms with Gasteiger partial charge in [0.15, 0.2) is 0 Å². The fraction of sp³-hybridized carbons (Fsp3) is 0.286. The third kappa shape index (κ3) is 3.38. The molecule has 0 aliphatic carbocycles. The van der Waals surface area contributed by atoms with E-state index in [1.54, 1.807) is 6.20 Å². The summed E-state index contributed by atoms with van der Waals surface area (Å²) in [7, 11) is 0. The highest BCUT2D eigenvalue weighted by molar-refractivity contribution is 5.94. The van der Waals surface area contributed by atoms with E-state index in [9.17, 15) is 4.79 Å². The highest BCUT2D eigenvalue weighted by Gasteiger charge is 2.27. The number of carbonyl (C=O) groups excluding carboxylic acids is 1. The first-order valence-corrected chi connectivity index (χ1v) is 9.03. The number of nitrogens with one attached hydrogen (secondary N) is 1. The minimum Gasteiger partial charge on any atom is -0.338 e. The van der Waals surface area contributed by atoms with E-state index in [-0.39, 0.29) is 11.8 Å². The average Bonchev–Trinajstić information content (AvgIpc) is 3.19. The maximum absolute atomic E-state index is 12.8. The van der Waals surface area contributed by atoms with Crippen LogP contribution in [0.2, 0.25) is 0 Å². The van der Waals surface area contributed by atoms with Gasteiger partial charge < -0.3 is 4.90 Å². The Bertz CT molecular complexity index is 886. The van der Waals surface area contributed by atoms with Crippen molar-refractivity contribution in [1.29, 1.82) is 0 Å². The molecule has 1 fully saturated rings. The number of benzene rings is 1. The standard InChI is InChI=1S/C21H22N4O/c1-15-9-10-17(13-22-15)21(26)25-11-5-8-18(14-25)20-12-19(23-24-20)16-6-3-2-4-7-16/h2-4,6-7,9-10,12-13,18H,5,8,11,14H2,1H3,(H,23,24). The van der Waals surface area contributed by atoms with Gasteiger partial charge in [-0.15, -0.1) is 0 Å². The lowest BCUT2D eigenvalue weighted by molar-refractivity contribution is 0.0705. The zero-order chi connectivity index (χ0) is 17.9. The molecule has 1 aliphatic rings. The van der Waals surface area contributed by atoms with Gasteiger partial charge in [-0.1, -0.05) is 30.3 Å². The van der Waals surface area contributed by atoms with Crippen molar-refractivity contribution in [2.75, 3.05) is 13.1 Å². The molecular formula is C21H22N4O. The molecule has 1 amide bonds. The Morgan fingerprint density at radius 1 is 1.19 bits per heavy atom. The van der Waals surface area contributed by atoms with Gasteiger partial charge in [-0.2, -0.15) is 5.10 Å². The van der Waals surface area contributed by atoms with Crippen LogP contribution in [0.5, 0.6) is 0 Å². The van der Waals surface area contributed by atoms with E-state index in [2.05, 4.69) is 33.4 Å². The SMILES string of the molecule is Cc1ccc(C(=O)N2CCCC(c3cc(-c4ccccc4)n[nH]3)C2)cn1. The lowest BCUT2D eigenvalue weighted by Gasteiger charge is -2.32. The Hall–Kier alpha value is -2.95. The summed E-state index contributed by atoms with van der Waals surface area (Å²) < 4.78 is 0. The highest BCUT2D eigenvalue weighted by Crippen LogP contribution is 2.29. The number of piperidine rings is 1. The topological polar surface area (TPSA) is 61.9 Å². The molecule has 4 rings (SSSR count). The zero-order valence-corrected chi connectivity index (χ0v) is 14.9. The number of rotatable bonds is 3. The van der Waals surface area contributed by atoms with Crippen molar-refractivity contribution in [3.8, 4) is 11.3 Å². The molecule has 1 aliphatic heterocycles. The molecule has 2 aromatic heterocycles. The van der Waals surface area contributed by atoms with E-state index >= 15 is 0 Å². The lowest BCUT2D eigenvalue weighted by atomic mass is 9.94. The van der Waals surface area contributed by atoms with Crippen molar-refractivity contribution in [3.05, 3.63) is 71.7 Å². The molecule has 1 N–H and O–H groups in total. The molecule has 0 radical (unpaired) electrons. The minimum absolute atomic E-state index is 0.0602. The van der Waals surface area contributed by atoms with Crippen LogP contribution >= 0.6 is 0 Å². The predicted octanol–water partition coefficient (Wildman–Crippen LogP) is 3.80. The number of hydrogen-bond donors (Lipinski definition) is 1. The molecule has 3 aromatic rings. The van der Waals surface area contributed by atoms with Crippen molar-refractivity contribution < 1.29 is 4.79 Å². The molecule has 0 bridgehead atoms. The third-order valence-electron chi connectivity index (χ3n) is 4.97. The largest absolute Gasteiger partial charge is 0.338 e. The van der Waals surface area contributed by atoms with E-state index in [1.165, 1.54) is 0 Å². The van der Waals surface area contributed by atoms with E-state index in [1.807, 2.05) is 42.2 Å². The number of pyridine rings is 1. The van der Waals surface area contributed by atoms with Crippen LogP contribution in [0.1, 0.15) is 40.5 Å². The lowest BCUT2D eigenvalue weighted by Crippen LogP contribution is -2.39. The van der Waals surface area contributed by atoms with Gasteiger partial charge >= 0.3 is 0 Å². The molecule has 0 spiro atoms. The second kappa shape index (κ2) is 7.12. The molecular weight excluding hydrogens is 324 g/mol. The number of carbonyl (C=O) groups is 1. The summed E-state index contributed by atoms with van der Waals surface area (Å²) in [5.74, 6) is 0.348. The number of aromatic nitrogens is 3. The Balaban J connectivity index is 1.49. The van der Waals surface area contributed by atoms with Crippen LogP contribution in [0, 0.1) is 6.92 Å². The molecule has 3 heterocycles. The van der Waals surface area contributed by atoms with Gasteiger partial charge in [0.25, 0.3) is 5.91 Å². The summed E-state index contributed by atoms with van der Waals surface area (Å²) in [6.45, 7) is 3.43. The summed E-state index contributed by atoms with van der Waals surface area (Å²) in [6, 6.07) is 16.0. The van der Waals surface area contributed by atoms with E-state index in [0.717, 1.165) is 42.0 Å². The van der Waals surface area contributed by atoms with Crippen LogP contribution in [0.4, 0.5) is 0 Å². The fourth-order valence-electron chi connectivity index (χ4n) is 3.49. The van der Waals surface area contributed by atoms with Crippen molar-refractivity contribution >= 4 is 5.91 Å². The van der Waals surface area contributed by atoms with E-state index in [4.69, 9.17) is 0 Å². The van der Waals surface area contributed by atoms with Gasteiger partial charge in [0, 0.05) is 42.2 Å². The zero-order valence-electron chi connectivity index (χ0n) is 14.9. The molecule has 26 heavy (non-hydrogen) atoms. The molecule has 1 unspecified atom stereocenters. The number of likely N-dealkylation sites (tertiary alicyclic amines) is 1. The number of aromatic amines is 1. The molecule has 1 saturated heterocycles. The second-order valence-corrected chi connectivity index (χ2v) is 6.85. The number of aryl methyl sites for hydroxylation is 1. The number of amides is 1. The van der Waals surface area contributed by atoms with Gasteiger partial charge in [-0.3, -0.25) is 14.9 Å². The van der Waals surface area contributed by atoms with Crippen LogP contribution in [0.3, 0.4) is 0 Å². The van der Waals surface area contributed by atoms with Crippen molar-refractivity contribution in [3.63, 3.8) is 0 Å². The molecule has 132 valence electrons. The normalized spacial score (nSPS) is 17.3. The number of H-pyrrole nitrogens is 1. The Labute approximate surface area is 153 Å². The molecule has 1 atom stereocenters. The average molecular weight is 346 g/mol. The van der Waals surface area contributed by atoms with Crippen molar-refractivity contribution in [2.45, 2.75) is 25.7 Å². The Morgan fingerprint density at radius 3 is 2.81 bits per heavy atom. The number of nitrogens with zero attached hydrogens (tertiary/aromatic N) is 3. The van der Waals surface area contributed by atoms with Crippen LogP contribution < -0.4 is 0 Å². The fourth-order valence-corrected chi connectivity index (χ4v) is 3.49. The van der Waals surface area contributed by atoms with Gasteiger partial charge in [-0.25, -0.2) is 0 Å². The van der Waals surface area contributed by atoms with Crippen LogP contribution in [0.25, 0.3) is 11.3 Å². The highest BCUT2D eigenvalue weighted by atomic mass is 16.2. The van der Waals surface area contributed by atoms with Crippen molar-refractivity contribution in [2.24, 2.45) is 0 Å². The summed E-state index contributed by atoms with van der Waals surface area (Å²) in [5.41, 5.74) is 4.73. The molecule has 1 aromatic carbocycles. The minimum atomic E-state index is 0.0602. The Kier molecular flexibility index (Phi) is 4.52. The van der Waals surface area contributed by atoms with Crippen LogP contribution in [-0.2, 0) is 0 Å². The summed E-state index contributed by atoms with van der Waals surface area (Å²) in [5, 5.41) is 7.64. The Morgan fingerprint density at radius 2 is 2.04 bits per heavy atom. The molecule has 5 nitrogen and oxygen atoms in total. The predicted molar refractivity (Wildman–Crippen MR) is 101 cm³/mol. The van der Waals surface area contributed by atoms with Gasteiger partial charge in [0.2, 0.25) is 0 Å². The van der Waals surface area contributed by atoms with Crippen molar-refractivity contribution in [1.82, 2.24) is 20.1 Å². The first kappa shape index (κ1) is 16.5. The van der Waals surface area contributed by atoms with Gasteiger partial charge in [0.05, 0.1) is 11.3 Å². The summed E-state index contributed by atoms with van der Waals surface area (Å²) in [6.07, 6.45) is 3.73. The maximum atomic E-state index is 12.8.